The number of ether oxygens (including phenoxy) is 1. The second-order valence-electron chi connectivity index (χ2n) is 6.61. The molecule has 1 saturated carbocycles. The van der Waals surface area contributed by atoms with Crippen LogP contribution in [-0.4, -0.2) is 18.8 Å². The van der Waals surface area contributed by atoms with Crippen LogP contribution in [0.25, 0.3) is 0 Å². The Kier molecular flexibility index (Phi) is 3.41. The predicted molar refractivity (Wildman–Crippen MR) is 74.2 cm³/mol. The second-order valence-corrected chi connectivity index (χ2v) is 6.61. The van der Waals surface area contributed by atoms with Crippen molar-refractivity contribution < 1.29 is 9.84 Å². The molecule has 100 valence electrons. The molecule has 0 amide bonds. The van der Waals surface area contributed by atoms with E-state index in [9.17, 15) is 5.11 Å². The van der Waals surface area contributed by atoms with E-state index in [-0.39, 0.29) is 17.4 Å². The zero-order valence-electron chi connectivity index (χ0n) is 11.9. The van der Waals surface area contributed by atoms with Crippen molar-refractivity contribution >= 4 is 0 Å². The largest absolute Gasteiger partial charge is 0.496 e. The summed E-state index contributed by atoms with van der Waals surface area (Å²) >= 11 is 0. The van der Waals surface area contributed by atoms with E-state index in [0.717, 1.165) is 25.0 Å². The Morgan fingerprint density at radius 2 is 1.94 bits per heavy atom. The first-order chi connectivity index (χ1) is 8.40. The predicted octanol–water partition coefficient (Wildman–Crippen LogP) is 3.31. The van der Waals surface area contributed by atoms with Gasteiger partial charge in [0.1, 0.15) is 5.75 Å². The molecule has 1 aliphatic rings. The summed E-state index contributed by atoms with van der Waals surface area (Å²) in [5.41, 5.74) is 2.84. The van der Waals surface area contributed by atoms with Gasteiger partial charge in [-0.1, -0.05) is 32.9 Å². The van der Waals surface area contributed by atoms with Crippen molar-refractivity contribution in [3.63, 3.8) is 0 Å². The number of aliphatic hydroxyl groups is 1. The number of hydrogen-bond donors (Lipinski definition) is 1. The number of benzene rings is 1. The second kappa shape index (κ2) is 4.58. The molecule has 0 atom stereocenters. The molecule has 18 heavy (non-hydrogen) atoms. The van der Waals surface area contributed by atoms with Gasteiger partial charge in [-0.2, -0.15) is 0 Å². The molecule has 2 nitrogen and oxygen atoms in total. The standard InChI is InChI=1S/C16H24O2/c1-15(2,3)13-5-6-14(18-4)12(9-13)10-16(11-17)7-8-16/h5-6,9,17H,7-8,10-11H2,1-4H3. The molecular formula is C16H24O2. The van der Waals surface area contributed by atoms with Crippen molar-refractivity contribution in [2.75, 3.05) is 13.7 Å². The summed E-state index contributed by atoms with van der Waals surface area (Å²) in [7, 11) is 1.72. The van der Waals surface area contributed by atoms with Crippen molar-refractivity contribution in [3.8, 4) is 5.75 Å². The molecular weight excluding hydrogens is 224 g/mol. The third kappa shape index (κ3) is 2.69. The third-order valence-electron chi connectivity index (χ3n) is 4.00. The van der Waals surface area contributed by atoms with E-state index < -0.39 is 0 Å². The Bertz CT molecular complexity index is 425. The quantitative estimate of drug-likeness (QED) is 0.886. The zero-order chi connectivity index (χ0) is 13.4. The topological polar surface area (TPSA) is 29.5 Å². The molecule has 2 rings (SSSR count). The highest BCUT2D eigenvalue weighted by molar-refractivity contribution is 5.40. The lowest BCUT2D eigenvalue weighted by Crippen LogP contribution is -2.14. The summed E-state index contributed by atoms with van der Waals surface area (Å²) in [6, 6.07) is 6.44. The van der Waals surface area contributed by atoms with Gasteiger partial charge in [-0.15, -0.1) is 0 Å². The zero-order valence-corrected chi connectivity index (χ0v) is 11.9. The summed E-state index contributed by atoms with van der Waals surface area (Å²) in [6.07, 6.45) is 3.19. The monoisotopic (exact) mass is 248 g/mol. The van der Waals surface area contributed by atoms with Crippen LogP contribution in [0.2, 0.25) is 0 Å². The summed E-state index contributed by atoms with van der Waals surface area (Å²) < 4.78 is 5.45. The molecule has 0 radical (unpaired) electrons. The fourth-order valence-electron chi connectivity index (χ4n) is 2.35. The number of aliphatic hydroxyl groups excluding tert-OH is 1. The smallest absolute Gasteiger partial charge is 0.122 e. The molecule has 1 aliphatic carbocycles. The molecule has 1 fully saturated rings. The van der Waals surface area contributed by atoms with E-state index in [0.29, 0.717) is 0 Å². The van der Waals surface area contributed by atoms with Gasteiger partial charge in [-0.3, -0.25) is 0 Å². The fraction of sp³-hybridized carbons (Fsp3) is 0.625. The van der Waals surface area contributed by atoms with E-state index >= 15 is 0 Å². The average molecular weight is 248 g/mol. The number of hydrogen-bond acceptors (Lipinski definition) is 2. The summed E-state index contributed by atoms with van der Waals surface area (Å²) in [5.74, 6) is 0.947. The van der Waals surface area contributed by atoms with Crippen molar-refractivity contribution in [2.24, 2.45) is 5.41 Å². The van der Waals surface area contributed by atoms with Gasteiger partial charge in [0.25, 0.3) is 0 Å². The maximum atomic E-state index is 9.47. The van der Waals surface area contributed by atoms with Crippen molar-refractivity contribution in [3.05, 3.63) is 29.3 Å². The minimum absolute atomic E-state index is 0.129. The van der Waals surface area contributed by atoms with Gasteiger partial charge in [-0.05, 0) is 47.3 Å². The maximum Gasteiger partial charge on any atom is 0.122 e. The van der Waals surface area contributed by atoms with Gasteiger partial charge >= 0.3 is 0 Å². The lowest BCUT2D eigenvalue weighted by molar-refractivity contribution is 0.210. The van der Waals surface area contributed by atoms with E-state index in [1.54, 1.807) is 7.11 Å². The summed E-state index contributed by atoms with van der Waals surface area (Å²) in [6.45, 7) is 6.95. The Hall–Kier alpha value is -1.02. The van der Waals surface area contributed by atoms with Crippen LogP contribution in [0, 0.1) is 5.41 Å². The first-order valence-corrected chi connectivity index (χ1v) is 6.68. The van der Waals surface area contributed by atoms with Crippen LogP contribution in [-0.2, 0) is 11.8 Å². The molecule has 2 heteroatoms. The van der Waals surface area contributed by atoms with Gasteiger partial charge in [-0.25, -0.2) is 0 Å². The Balaban J connectivity index is 2.31. The third-order valence-corrected chi connectivity index (χ3v) is 4.00. The number of methoxy groups -OCH3 is 1. The molecule has 0 aromatic heterocycles. The lowest BCUT2D eigenvalue weighted by atomic mass is 9.84. The van der Waals surface area contributed by atoms with E-state index in [1.807, 2.05) is 0 Å². The Morgan fingerprint density at radius 3 is 2.39 bits per heavy atom. The Labute approximate surface area is 110 Å². The normalized spacial score (nSPS) is 17.6. The minimum atomic E-state index is 0.129. The van der Waals surface area contributed by atoms with Crippen molar-refractivity contribution in [1.29, 1.82) is 0 Å². The molecule has 1 N–H and O–H groups in total. The van der Waals surface area contributed by atoms with Crippen LogP contribution < -0.4 is 4.74 Å². The molecule has 0 unspecified atom stereocenters. The van der Waals surface area contributed by atoms with Crippen molar-refractivity contribution in [1.82, 2.24) is 0 Å². The van der Waals surface area contributed by atoms with Crippen LogP contribution in [0.4, 0.5) is 0 Å². The molecule has 0 saturated heterocycles. The highest BCUT2D eigenvalue weighted by Gasteiger charge is 2.42. The Morgan fingerprint density at radius 1 is 1.28 bits per heavy atom. The van der Waals surface area contributed by atoms with Gasteiger partial charge in [0.2, 0.25) is 0 Å². The molecule has 0 spiro atoms. The van der Waals surface area contributed by atoms with E-state index in [4.69, 9.17) is 4.74 Å². The maximum absolute atomic E-state index is 9.47. The van der Waals surface area contributed by atoms with Crippen molar-refractivity contribution in [2.45, 2.75) is 45.4 Å². The molecule has 0 bridgehead atoms. The lowest BCUT2D eigenvalue weighted by Gasteiger charge is -2.22. The SMILES string of the molecule is COc1ccc(C(C)(C)C)cc1CC1(CO)CC1. The van der Waals surface area contributed by atoms with E-state index in [1.165, 1.54) is 11.1 Å². The molecule has 1 aromatic rings. The van der Waals surface area contributed by atoms with Crippen LogP contribution in [0.5, 0.6) is 5.75 Å². The summed E-state index contributed by atoms with van der Waals surface area (Å²) in [4.78, 5) is 0. The van der Waals surface area contributed by atoms with Gasteiger partial charge in [0.15, 0.2) is 0 Å². The van der Waals surface area contributed by atoms with Gasteiger partial charge < -0.3 is 9.84 Å². The first-order valence-electron chi connectivity index (χ1n) is 6.68. The average Bonchev–Trinajstić information content (AvgIpc) is 3.08. The molecule has 0 aliphatic heterocycles. The molecule has 1 aromatic carbocycles. The highest BCUT2D eigenvalue weighted by Crippen LogP contribution is 2.49. The van der Waals surface area contributed by atoms with Crippen LogP contribution in [0.1, 0.15) is 44.7 Å². The number of rotatable bonds is 4. The van der Waals surface area contributed by atoms with Crippen LogP contribution in [0.15, 0.2) is 18.2 Å². The van der Waals surface area contributed by atoms with Crippen LogP contribution >= 0.6 is 0 Å². The molecule has 0 heterocycles. The minimum Gasteiger partial charge on any atom is -0.496 e. The summed E-state index contributed by atoms with van der Waals surface area (Å²) in [5, 5.41) is 9.47. The van der Waals surface area contributed by atoms with Gasteiger partial charge in [0.05, 0.1) is 7.11 Å². The van der Waals surface area contributed by atoms with Gasteiger partial charge in [0, 0.05) is 6.61 Å². The highest BCUT2D eigenvalue weighted by atomic mass is 16.5. The fourth-order valence-corrected chi connectivity index (χ4v) is 2.35. The van der Waals surface area contributed by atoms with Crippen LogP contribution in [0.3, 0.4) is 0 Å². The van der Waals surface area contributed by atoms with E-state index in [2.05, 4.69) is 39.0 Å². The first kappa shape index (κ1) is 13.4.